The topological polar surface area (TPSA) is 78.4 Å². The highest BCUT2D eigenvalue weighted by Crippen LogP contribution is 2.18. The minimum Gasteiger partial charge on any atom is -0.396 e. The van der Waals surface area contributed by atoms with Gasteiger partial charge in [0.25, 0.3) is 0 Å². The quantitative estimate of drug-likeness (QED) is 0.553. The minimum absolute atomic E-state index is 0.0560. The summed E-state index contributed by atoms with van der Waals surface area (Å²) in [5.41, 5.74) is -0.440. The summed E-state index contributed by atoms with van der Waals surface area (Å²) in [4.78, 5) is 22.0. The predicted octanol–water partition coefficient (Wildman–Crippen LogP) is -0.229. The SMILES string of the molecule is CNC(=O)/C=C/NC(=O)CC(C)(C)CO. The first kappa shape index (κ1) is 13.6. The molecule has 0 aliphatic heterocycles. The number of hydrogen-bond acceptors (Lipinski definition) is 3. The fourth-order valence-electron chi connectivity index (χ4n) is 0.835. The van der Waals surface area contributed by atoms with Crippen molar-refractivity contribution in [3.8, 4) is 0 Å². The van der Waals surface area contributed by atoms with Gasteiger partial charge in [-0.25, -0.2) is 0 Å². The standard InChI is InChI=1S/C10H18N2O3/c1-10(2,7-13)6-9(15)12-5-4-8(14)11-3/h4-5,13H,6-7H2,1-3H3,(H,11,14)(H,12,15)/b5-4+. The molecule has 0 bridgehead atoms. The average Bonchev–Trinajstić information content (AvgIpc) is 2.16. The van der Waals surface area contributed by atoms with Gasteiger partial charge < -0.3 is 15.7 Å². The molecular formula is C10H18N2O3. The van der Waals surface area contributed by atoms with Gasteiger partial charge in [0.2, 0.25) is 11.8 Å². The number of aliphatic hydroxyl groups is 1. The first-order valence-corrected chi connectivity index (χ1v) is 4.70. The van der Waals surface area contributed by atoms with E-state index in [0.717, 1.165) is 0 Å². The molecule has 2 amide bonds. The summed E-state index contributed by atoms with van der Waals surface area (Å²) in [5, 5.41) is 13.8. The van der Waals surface area contributed by atoms with E-state index >= 15 is 0 Å². The Morgan fingerprint density at radius 1 is 1.40 bits per heavy atom. The zero-order valence-corrected chi connectivity index (χ0v) is 9.33. The van der Waals surface area contributed by atoms with Crippen LogP contribution in [0.4, 0.5) is 0 Å². The molecule has 86 valence electrons. The lowest BCUT2D eigenvalue weighted by atomic mass is 9.90. The highest BCUT2D eigenvalue weighted by molar-refractivity contribution is 5.88. The molecule has 0 rings (SSSR count). The third-order valence-electron chi connectivity index (χ3n) is 1.79. The minimum atomic E-state index is -0.440. The van der Waals surface area contributed by atoms with Crippen LogP contribution in [0.25, 0.3) is 0 Å². The van der Waals surface area contributed by atoms with Crippen LogP contribution in [-0.2, 0) is 9.59 Å². The Bertz CT molecular complexity index is 259. The average molecular weight is 214 g/mol. The fraction of sp³-hybridized carbons (Fsp3) is 0.600. The van der Waals surface area contributed by atoms with E-state index in [2.05, 4.69) is 10.6 Å². The monoisotopic (exact) mass is 214 g/mol. The number of likely N-dealkylation sites (N-methyl/N-ethyl adjacent to an activating group) is 1. The lowest BCUT2D eigenvalue weighted by molar-refractivity contribution is -0.122. The largest absolute Gasteiger partial charge is 0.396 e. The smallest absolute Gasteiger partial charge is 0.245 e. The van der Waals surface area contributed by atoms with Crippen molar-refractivity contribution in [3.63, 3.8) is 0 Å². The molecule has 0 fully saturated rings. The van der Waals surface area contributed by atoms with Gasteiger partial charge in [0.05, 0.1) is 0 Å². The zero-order valence-electron chi connectivity index (χ0n) is 9.33. The zero-order chi connectivity index (χ0) is 11.9. The molecule has 0 aromatic carbocycles. The highest BCUT2D eigenvalue weighted by atomic mass is 16.3. The molecule has 0 aromatic heterocycles. The molecule has 0 aromatic rings. The Balaban J connectivity index is 3.96. The number of hydrogen-bond donors (Lipinski definition) is 3. The lowest BCUT2D eigenvalue weighted by Crippen LogP contribution is -2.28. The molecule has 0 spiro atoms. The second kappa shape index (κ2) is 6.19. The number of aliphatic hydroxyl groups excluding tert-OH is 1. The van der Waals surface area contributed by atoms with Crippen LogP contribution in [0.1, 0.15) is 20.3 Å². The molecule has 0 saturated carbocycles. The van der Waals surface area contributed by atoms with Crippen LogP contribution in [0.2, 0.25) is 0 Å². The van der Waals surface area contributed by atoms with E-state index in [9.17, 15) is 9.59 Å². The first-order chi connectivity index (χ1) is 6.91. The Labute approximate surface area is 89.6 Å². The Kier molecular flexibility index (Phi) is 5.62. The summed E-state index contributed by atoms with van der Waals surface area (Å²) in [7, 11) is 1.50. The van der Waals surface area contributed by atoms with Gasteiger partial charge in [-0.3, -0.25) is 9.59 Å². The molecule has 5 nitrogen and oxygen atoms in total. The Morgan fingerprint density at radius 3 is 2.47 bits per heavy atom. The normalized spacial score (nSPS) is 11.5. The van der Waals surface area contributed by atoms with Gasteiger partial charge in [-0.2, -0.15) is 0 Å². The summed E-state index contributed by atoms with van der Waals surface area (Å²) in [6.07, 6.45) is 2.72. The van der Waals surface area contributed by atoms with Gasteiger partial charge in [0.1, 0.15) is 0 Å². The van der Waals surface area contributed by atoms with Crippen LogP contribution in [0, 0.1) is 5.41 Å². The van der Waals surface area contributed by atoms with Crippen molar-refractivity contribution < 1.29 is 14.7 Å². The van der Waals surface area contributed by atoms with Crippen LogP contribution < -0.4 is 10.6 Å². The molecule has 0 aliphatic carbocycles. The van der Waals surface area contributed by atoms with Gasteiger partial charge in [-0.1, -0.05) is 13.8 Å². The van der Waals surface area contributed by atoms with Crippen LogP contribution >= 0.6 is 0 Å². The molecule has 0 saturated heterocycles. The summed E-state index contributed by atoms with van der Waals surface area (Å²) < 4.78 is 0. The van der Waals surface area contributed by atoms with E-state index in [1.54, 1.807) is 13.8 Å². The number of amides is 2. The molecule has 5 heteroatoms. The van der Waals surface area contributed by atoms with Crippen LogP contribution in [0.15, 0.2) is 12.3 Å². The van der Waals surface area contributed by atoms with Crippen molar-refractivity contribution in [2.45, 2.75) is 20.3 Å². The number of nitrogens with one attached hydrogen (secondary N) is 2. The maximum atomic E-state index is 11.3. The van der Waals surface area contributed by atoms with E-state index in [1.165, 1.54) is 19.3 Å². The van der Waals surface area contributed by atoms with Gasteiger partial charge in [-0.15, -0.1) is 0 Å². The van der Waals surface area contributed by atoms with E-state index in [-0.39, 0.29) is 24.8 Å². The van der Waals surface area contributed by atoms with Crippen molar-refractivity contribution >= 4 is 11.8 Å². The first-order valence-electron chi connectivity index (χ1n) is 4.70. The third-order valence-corrected chi connectivity index (χ3v) is 1.79. The summed E-state index contributed by atoms with van der Waals surface area (Å²) in [6.45, 7) is 3.52. The molecule has 0 aliphatic rings. The van der Waals surface area contributed by atoms with E-state index < -0.39 is 5.41 Å². The molecule has 0 unspecified atom stereocenters. The molecule has 0 heterocycles. The maximum Gasteiger partial charge on any atom is 0.245 e. The van der Waals surface area contributed by atoms with Crippen molar-refractivity contribution in [2.75, 3.05) is 13.7 Å². The fourth-order valence-corrected chi connectivity index (χ4v) is 0.835. The lowest BCUT2D eigenvalue weighted by Gasteiger charge is -2.19. The van der Waals surface area contributed by atoms with E-state index in [1.807, 2.05) is 0 Å². The van der Waals surface area contributed by atoms with Crippen molar-refractivity contribution in [3.05, 3.63) is 12.3 Å². The third kappa shape index (κ3) is 6.68. The van der Waals surface area contributed by atoms with Gasteiger partial charge in [-0.05, 0) is 5.41 Å². The van der Waals surface area contributed by atoms with Gasteiger partial charge in [0, 0.05) is 32.4 Å². The van der Waals surface area contributed by atoms with Crippen LogP contribution in [-0.4, -0.2) is 30.6 Å². The number of carbonyl (C=O) groups excluding carboxylic acids is 2. The highest BCUT2D eigenvalue weighted by Gasteiger charge is 2.20. The maximum absolute atomic E-state index is 11.3. The second-order valence-corrected chi connectivity index (χ2v) is 4.01. The van der Waals surface area contributed by atoms with Gasteiger partial charge in [0.15, 0.2) is 0 Å². The second-order valence-electron chi connectivity index (χ2n) is 4.01. The molecule has 3 N–H and O–H groups in total. The molecule has 0 radical (unpaired) electrons. The van der Waals surface area contributed by atoms with Crippen molar-refractivity contribution in [2.24, 2.45) is 5.41 Å². The van der Waals surface area contributed by atoms with Gasteiger partial charge >= 0.3 is 0 Å². The van der Waals surface area contributed by atoms with Crippen molar-refractivity contribution in [1.82, 2.24) is 10.6 Å². The predicted molar refractivity (Wildman–Crippen MR) is 56.8 cm³/mol. The van der Waals surface area contributed by atoms with E-state index in [4.69, 9.17) is 5.11 Å². The summed E-state index contributed by atoms with van der Waals surface area (Å²) >= 11 is 0. The Morgan fingerprint density at radius 2 is 2.00 bits per heavy atom. The van der Waals surface area contributed by atoms with Crippen molar-refractivity contribution in [1.29, 1.82) is 0 Å². The Hall–Kier alpha value is -1.36. The number of carbonyl (C=O) groups is 2. The number of rotatable bonds is 5. The van der Waals surface area contributed by atoms with Crippen LogP contribution in [0.3, 0.4) is 0 Å². The molecule has 0 atom stereocenters. The molecular weight excluding hydrogens is 196 g/mol. The summed E-state index contributed by atoms with van der Waals surface area (Å²) in [5.74, 6) is -0.508. The summed E-state index contributed by atoms with van der Waals surface area (Å²) in [6, 6.07) is 0. The van der Waals surface area contributed by atoms with Crippen LogP contribution in [0.5, 0.6) is 0 Å². The molecule has 15 heavy (non-hydrogen) atoms. The van der Waals surface area contributed by atoms with E-state index in [0.29, 0.717) is 0 Å².